The average Bonchev–Trinajstić information content (AvgIpc) is 2.45. The molecule has 0 aromatic heterocycles. The van der Waals surface area contributed by atoms with Gasteiger partial charge in [-0.25, -0.2) is 0 Å². The highest BCUT2D eigenvalue weighted by Crippen LogP contribution is 2.27. The molecular formula is C15H20BrClN2O. The lowest BCUT2D eigenvalue weighted by atomic mass is 9.84. The van der Waals surface area contributed by atoms with Gasteiger partial charge in [0.25, 0.3) is 5.91 Å². The van der Waals surface area contributed by atoms with Crippen LogP contribution in [-0.2, 0) is 0 Å². The standard InChI is InChI=1S/C15H20BrClN2O/c16-11-6-7-12(13(17)8-11)15(20)19-14(9-18)10-4-2-1-3-5-10/h6-8,10,14H,1-5,9,18H2,(H,19,20). The van der Waals surface area contributed by atoms with Crippen LogP contribution in [0.4, 0.5) is 0 Å². The van der Waals surface area contributed by atoms with Gasteiger partial charge in [-0.15, -0.1) is 0 Å². The molecule has 0 spiro atoms. The molecule has 0 saturated heterocycles. The van der Waals surface area contributed by atoms with Crippen LogP contribution in [0.25, 0.3) is 0 Å². The number of hydrogen-bond donors (Lipinski definition) is 2. The summed E-state index contributed by atoms with van der Waals surface area (Å²) in [5.74, 6) is 0.357. The topological polar surface area (TPSA) is 55.1 Å². The molecule has 1 unspecified atom stereocenters. The fourth-order valence-electron chi connectivity index (χ4n) is 2.83. The molecule has 1 saturated carbocycles. The summed E-state index contributed by atoms with van der Waals surface area (Å²) in [5, 5.41) is 3.50. The smallest absolute Gasteiger partial charge is 0.253 e. The van der Waals surface area contributed by atoms with E-state index in [9.17, 15) is 4.79 Å². The number of hydrogen-bond acceptors (Lipinski definition) is 2. The van der Waals surface area contributed by atoms with E-state index >= 15 is 0 Å². The number of halogens is 2. The maximum atomic E-state index is 12.3. The van der Waals surface area contributed by atoms with Gasteiger partial charge in [0, 0.05) is 17.1 Å². The van der Waals surface area contributed by atoms with E-state index < -0.39 is 0 Å². The zero-order valence-corrected chi connectivity index (χ0v) is 13.7. The summed E-state index contributed by atoms with van der Waals surface area (Å²) in [7, 11) is 0. The molecule has 1 fully saturated rings. The Balaban J connectivity index is 2.04. The number of benzene rings is 1. The highest BCUT2D eigenvalue weighted by molar-refractivity contribution is 9.10. The van der Waals surface area contributed by atoms with E-state index in [-0.39, 0.29) is 11.9 Å². The average molecular weight is 360 g/mol. The normalized spacial score (nSPS) is 17.8. The molecule has 0 heterocycles. The predicted molar refractivity (Wildman–Crippen MR) is 86.0 cm³/mol. The van der Waals surface area contributed by atoms with Gasteiger partial charge >= 0.3 is 0 Å². The van der Waals surface area contributed by atoms with Gasteiger partial charge in [0.15, 0.2) is 0 Å². The van der Waals surface area contributed by atoms with E-state index in [0.29, 0.717) is 23.0 Å². The maximum absolute atomic E-state index is 12.3. The molecule has 2 rings (SSSR count). The van der Waals surface area contributed by atoms with Crippen LogP contribution in [0.3, 0.4) is 0 Å². The van der Waals surface area contributed by atoms with Crippen molar-refractivity contribution < 1.29 is 4.79 Å². The van der Waals surface area contributed by atoms with Gasteiger partial charge < -0.3 is 11.1 Å². The third-order valence-electron chi connectivity index (χ3n) is 3.97. The molecule has 1 aliphatic rings. The monoisotopic (exact) mass is 358 g/mol. The predicted octanol–water partition coefficient (Wildman–Crippen LogP) is 3.74. The lowest BCUT2D eigenvalue weighted by Crippen LogP contribution is -2.46. The first-order valence-electron chi connectivity index (χ1n) is 7.08. The zero-order chi connectivity index (χ0) is 14.5. The summed E-state index contributed by atoms with van der Waals surface area (Å²) in [6, 6.07) is 5.33. The molecule has 5 heteroatoms. The number of nitrogens with two attached hydrogens (primary N) is 1. The molecule has 3 N–H and O–H groups in total. The Morgan fingerprint density at radius 3 is 2.70 bits per heavy atom. The first-order valence-corrected chi connectivity index (χ1v) is 8.25. The summed E-state index contributed by atoms with van der Waals surface area (Å²) in [4.78, 5) is 12.3. The van der Waals surface area contributed by atoms with Gasteiger partial charge in [0.2, 0.25) is 0 Å². The van der Waals surface area contributed by atoms with Crippen LogP contribution in [0.2, 0.25) is 5.02 Å². The van der Waals surface area contributed by atoms with Crippen LogP contribution in [-0.4, -0.2) is 18.5 Å². The Morgan fingerprint density at radius 1 is 1.40 bits per heavy atom. The summed E-state index contributed by atoms with van der Waals surface area (Å²) >= 11 is 9.45. The molecule has 1 aromatic carbocycles. The van der Waals surface area contributed by atoms with Gasteiger partial charge in [-0.2, -0.15) is 0 Å². The van der Waals surface area contributed by atoms with Crippen LogP contribution < -0.4 is 11.1 Å². The molecule has 3 nitrogen and oxygen atoms in total. The van der Waals surface area contributed by atoms with E-state index in [1.165, 1.54) is 19.3 Å². The molecule has 0 radical (unpaired) electrons. The summed E-state index contributed by atoms with van der Waals surface area (Å²) in [5.41, 5.74) is 6.34. The number of nitrogens with one attached hydrogen (secondary N) is 1. The molecule has 0 aliphatic heterocycles. The van der Waals surface area contributed by atoms with Crippen molar-refractivity contribution in [3.8, 4) is 0 Å². The Labute approximate surface area is 133 Å². The second-order valence-corrected chi connectivity index (χ2v) is 6.66. The fraction of sp³-hybridized carbons (Fsp3) is 0.533. The lowest BCUT2D eigenvalue weighted by Gasteiger charge is -2.30. The number of amides is 1. The lowest BCUT2D eigenvalue weighted by molar-refractivity contribution is 0.0915. The van der Waals surface area contributed by atoms with Crippen LogP contribution in [0.1, 0.15) is 42.5 Å². The van der Waals surface area contributed by atoms with Gasteiger partial charge in [-0.1, -0.05) is 46.8 Å². The molecule has 1 atom stereocenters. The van der Waals surface area contributed by atoms with Gasteiger partial charge in [-0.05, 0) is 37.0 Å². The van der Waals surface area contributed by atoms with Crippen molar-refractivity contribution in [3.05, 3.63) is 33.3 Å². The van der Waals surface area contributed by atoms with E-state index in [1.807, 2.05) is 6.07 Å². The summed E-state index contributed by atoms with van der Waals surface area (Å²) in [6.07, 6.45) is 6.05. The Morgan fingerprint density at radius 2 is 2.10 bits per heavy atom. The molecule has 1 aliphatic carbocycles. The third-order valence-corrected chi connectivity index (χ3v) is 4.77. The van der Waals surface area contributed by atoms with Crippen LogP contribution in [0.5, 0.6) is 0 Å². The number of rotatable bonds is 4. The van der Waals surface area contributed by atoms with Gasteiger partial charge in [0.05, 0.1) is 10.6 Å². The first-order chi connectivity index (χ1) is 9.61. The highest BCUT2D eigenvalue weighted by Gasteiger charge is 2.24. The molecule has 20 heavy (non-hydrogen) atoms. The third kappa shape index (κ3) is 3.96. The SMILES string of the molecule is NCC(NC(=O)c1ccc(Br)cc1Cl)C1CCCCC1. The highest BCUT2D eigenvalue weighted by atomic mass is 79.9. The van der Waals surface area contributed by atoms with Crippen LogP contribution in [0, 0.1) is 5.92 Å². The molecule has 0 bridgehead atoms. The summed E-state index contributed by atoms with van der Waals surface area (Å²) < 4.78 is 0.863. The minimum atomic E-state index is -0.136. The van der Waals surface area contributed by atoms with E-state index in [4.69, 9.17) is 17.3 Å². The zero-order valence-electron chi connectivity index (χ0n) is 11.4. The second kappa shape index (κ2) is 7.43. The maximum Gasteiger partial charge on any atom is 0.253 e. The first kappa shape index (κ1) is 15.8. The van der Waals surface area contributed by atoms with Crippen molar-refractivity contribution in [2.45, 2.75) is 38.1 Å². The Bertz CT molecular complexity index is 475. The van der Waals surface area contributed by atoms with E-state index in [1.54, 1.807) is 12.1 Å². The fourth-order valence-corrected chi connectivity index (χ4v) is 3.58. The molecular weight excluding hydrogens is 340 g/mol. The Kier molecular flexibility index (Phi) is 5.87. The number of carbonyl (C=O) groups excluding carboxylic acids is 1. The van der Waals surface area contributed by atoms with E-state index in [2.05, 4.69) is 21.2 Å². The van der Waals surface area contributed by atoms with Gasteiger partial charge in [-0.3, -0.25) is 4.79 Å². The van der Waals surface area contributed by atoms with Crippen molar-refractivity contribution in [2.24, 2.45) is 11.7 Å². The van der Waals surface area contributed by atoms with Crippen molar-refractivity contribution in [1.29, 1.82) is 0 Å². The minimum Gasteiger partial charge on any atom is -0.348 e. The largest absolute Gasteiger partial charge is 0.348 e. The van der Waals surface area contributed by atoms with Crippen molar-refractivity contribution in [3.63, 3.8) is 0 Å². The van der Waals surface area contributed by atoms with Crippen LogP contribution >= 0.6 is 27.5 Å². The second-order valence-electron chi connectivity index (χ2n) is 5.34. The molecule has 1 amide bonds. The van der Waals surface area contributed by atoms with Crippen molar-refractivity contribution in [2.75, 3.05) is 6.54 Å². The molecule has 110 valence electrons. The van der Waals surface area contributed by atoms with Crippen LogP contribution in [0.15, 0.2) is 22.7 Å². The molecule has 1 aromatic rings. The number of carbonyl (C=O) groups is 1. The quantitative estimate of drug-likeness (QED) is 0.860. The van der Waals surface area contributed by atoms with E-state index in [0.717, 1.165) is 17.3 Å². The summed E-state index contributed by atoms with van der Waals surface area (Å²) in [6.45, 7) is 0.477. The van der Waals surface area contributed by atoms with Gasteiger partial charge in [0.1, 0.15) is 0 Å². The van der Waals surface area contributed by atoms with Crippen molar-refractivity contribution in [1.82, 2.24) is 5.32 Å². The van der Waals surface area contributed by atoms with Crippen molar-refractivity contribution >= 4 is 33.4 Å². The minimum absolute atomic E-state index is 0.0440. The Hall–Kier alpha value is -0.580.